The lowest BCUT2D eigenvalue weighted by Crippen LogP contribution is -2.29. The van der Waals surface area contributed by atoms with Crippen LogP contribution in [0, 0.1) is 13.8 Å². The van der Waals surface area contributed by atoms with Crippen molar-refractivity contribution in [2.45, 2.75) is 20.5 Å². The lowest BCUT2D eigenvalue weighted by atomic mass is 10.2. The van der Waals surface area contributed by atoms with E-state index in [0.717, 1.165) is 23.1 Å². The molecule has 7 heteroatoms. The van der Waals surface area contributed by atoms with Gasteiger partial charge in [-0.2, -0.15) is 0 Å². The van der Waals surface area contributed by atoms with Crippen molar-refractivity contribution in [1.29, 1.82) is 0 Å². The normalized spacial score (nSPS) is 11.0. The minimum atomic E-state index is -3.59. The smallest absolute Gasteiger partial charge is 0.421 e. The van der Waals surface area contributed by atoms with Crippen molar-refractivity contribution < 1.29 is 17.9 Å². The summed E-state index contributed by atoms with van der Waals surface area (Å²) >= 11 is 0. The molecule has 1 N–H and O–H groups in total. The maximum atomic E-state index is 11.1. The summed E-state index contributed by atoms with van der Waals surface area (Å²) in [5, 5.41) is 0. The summed E-state index contributed by atoms with van der Waals surface area (Å²) < 4.78 is 28.0. The van der Waals surface area contributed by atoms with Gasteiger partial charge >= 0.3 is 6.09 Å². The molecule has 0 fully saturated rings. The Morgan fingerprint density at radius 3 is 2.71 bits per heavy atom. The summed E-state index contributed by atoms with van der Waals surface area (Å²) in [6.07, 6.45) is 1.59. The molecular formula is C10H14N2O4S. The van der Waals surface area contributed by atoms with Gasteiger partial charge in [0.1, 0.15) is 6.61 Å². The van der Waals surface area contributed by atoms with Crippen molar-refractivity contribution in [3.63, 3.8) is 0 Å². The molecule has 0 saturated heterocycles. The Morgan fingerprint density at radius 1 is 1.47 bits per heavy atom. The predicted molar refractivity (Wildman–Crippen MR) is 61.9 cm³/mol. The van der Waals surface area contributed by atoms with Crippen LogP contribution in [0.1, 0.15) is 16.8 Å². The van der Waals surface area contributed by atoms with Gasteiger partial charge < -0.3 is 4.74 Å². The van der Waals surface area contributed by atoms with Gasteiger partial charge in [-0.05, 0) is 25.5 Å². The van der Waals surface area contributed by atoms with Crippen molar-refractivity contribution in [1.82, 2.24) is 9.71 Å². The van der Waals surface area contributed by atoms with Gasteiger partial charge in [0.15, 0.2) is 0 Å². The second-order valence-corrected chi connectivity index (χ2v) is 5.46. The fourth-order valence-corrected chi connectivity index (χ4v) is 1.53. The number of hydrogen-bond acceptors (Lipinski definition) is 5. The number of amides is 1. The highest BCUT2D eigenvalue weighted by atomic mass is 32.2. The Morgan fingerprint density at radius 2 is 2.12 bits per heavy atom. The van der Waals surface area contributed by atoms with Gasteiger partial charge in [0.05, 0.1) is 6.26 Å². The fourth-order valence-electron chi connectivity index (χ4n) is 1.17. The number of nitrogens with zero attached hydrogens (tertiary/aromatic N) is 1. The van der Waals surface area contributed by atoms with Gasteiger partial charge in [-0.15, -0.1) is 0 Å². The van der Waals surface area contributed by atoms with Crippen LogP contribution in [0.5, 0.6) is 0 Å². The zero-order valence-electron chi connectivity index (χ0n) is 9.85. The molecule has 17 heavy (non-hydrogen) atoms. The lowest BCUT2D eigenvalue weighted by Gasteiger charge is -2.08. The van der Waals surface area contributed by atoms with E-state index in [9.17, 15) is 13.2 Å². The monoisotopic (exact) mass is 258 g/mol. The van der Waals surface area contributed by atoms with E-state index >= 15 is 0 Å². The van der Waals surface area contributed by atoms with E-state index in [0.29, 0.717) is 0 Å². The molecular weight excluding hydrogens is 244 g/mol. The van der Waals surface area contributed by atoms with Gasteiger partial charge in [-0.3, -0.25) is 4.98 Å². The Bertz CT molecular complexity index is 525. The van der Waals surface area contributed by atoms with Crippen molar-refractivity contribution in [2.24, 2.45) is 0 Å². The minimum absolute atomic E-state index is 0.0120. The first-order chi connectivity index (χ1) is 7.78. The average molecular weight is 258 g/mol. The predicted octanol–water partition coefficient (Wildman–Crippen LogP) is 0.884. The molecule has 1 heterocycles. The molecule has 0 aromatic carbocycles. The molecule has 0 aliphatic carbocycles. The van der Waals surface area contributed by atoms with Crippen molar-refractivity contribution in [2.75, 3.05) is 6.26 Å². The summed E-state index contributed by atoms with van der Waals surface area (Å²) in [5.41, 5.74) is 2.43. The van der Waals surface area contributed by atoms with E-state index in [2.05, 4.69) is 4.98 Å². The summed E-state index contributed by atoms with van der Waals surface area (Å²) in [6, 6.07) is 1.83. The molecule has 94 valence electrons. The van der Waals surface area contributed by atoms with Crippen LogP contribution in [0.15, 0.2) is 12.3 Å². The number of sulfonamides is 1. The van der Waals surface area contributed by atoms with E-state index in [1.165, 1.54) is 0 Å². The van der Waals surface area contributed by atoms with E-state index < -0.39 is 16.1 Å². The Kier molecular flexibility index (Phi) is 4.06. The van der Waals surface area contributed by atoms with Crippen LogP contribution in [0.2, 0.25) is 0 Å². The molecule has 1 aromatic heterocycles. The number of rotatable bonds is 3. The van der Waals surface area contributed by atoms with Gasteiger partial charge in [0.2, 0.25) is 10.0 Å². The van der Waals surface area contributed by atoms with Crippen LogP contribution in [-0.2, 0) is 21.4 Å². The first-order valence-corrected chi connectivity index (χ1v) is 6.74. The topological polar surface area (TPSA) is 85.4 Å². The number of carbonyl (C=O) groups excluding carboxylic acids is 1. The van der Waals surface area contributed by atoms with Crippen LogP contribution in [-0.4, -0.2) is 25.8 Å². The van der Waals surface area contributed by atoms with Crippen LogP contribution in [0.4, 0.5) is 4.79 Å². The zero-order valence-corrected chi connectivity index (χ0v) is 10.7. The molecule has 0 saturated carbocycles. The molecule has 0 atom stereocenters. The first kappa shape index (κ1) is 13.4. The lowest BCUT2D eigenvalue weighted by molar-refractivity contribution is 0.145. The molecule has 1 aromatic rings. The number of nitrogens with one attached hydrogen (secondary N) is 1. The maximum absolute atomic E-state index is 11.1. The number of pyridine rings is 1. The number of aromatic nitrogens is 1. The van der Waals surface area contributed by atoms with Gasteiger partial charge in [-0.1, -0.05) is 0 Å². The van der Waals surface area contributed by atoms with Crippen molar-refractivity contribution in [3.05, 3.63) is 29.1 Å². The summed E-state index contributed by atoms with van der Waals surface area (Å²) in [4.78, 5) is 15.2. The number of carbonyl (C=O) groups is 1. The molecule has 0 aliphatic heterocycles. The second-order valence-electron chi connectivity index (χ2n) is 3.71. The SMILES string of the molecule is Cc1cnc(C)c(COC(=O)NS(C)(=O)=O)c1. The van der Waals surface area contributed by atoms with Gasteiger partial charge in [-0.25, -0.2) is 17.9 Å². The molecule has 0 unspecified atom stereocenters. The number of ether oxygens (including phenoxy) is 1. The van der Waals surface area contributed by atoms with E-state index in [1.54, 1.807) is 17.8 Å². The largest absolute Gasteiger partial charge is 0.444 e. The second kappa shape index (κ2) is 5.13. The molecule has 0 bridgehead atoms. The van der Waals surface area contributed by atoms with Crippen LogP contribution < -0.4 is 4.72 Å². The van der Waals surface area contributed by atoms with Crippen LogP contribution in [0.25, 0.3) is 0 Å². The van der Waals surface area contributed by atoms with E-state index in [-0.39, 0.29) is 6.61 Å². The minimum Gasteiger partial charge on any atom is -0.444 e. The standard InChI is InChI=1S/C10H14N2O4S/c1-7-4-9(8(2)11-5-7)6-16-10(13)12-17(3,14)15/h4-5H,6H2,1-3H3,(H,12,13). The number of hydrogen-bond donors (Lipinski definition) is 1. The maximum Gasteiger partial charge on any atom is 0.421 e. The highest BCUT2D eigenvalue weighted by molar-refractivity contribution is 7.89. The molecule has 0 radical (unpaired) electrons. The molecule has 1 rings (SSSR count). The zero-order chi connectivity index (χ0) is 13.1. The Balaban J connectivity index is 2.62. The summed E-state index contributed by atoms with van der Waals surface area (Å²) in [6.45, 7) is 3.64. The Hall–Kier alpha value is -1.63. The first-order valence-electron chi connectivity index (χ1n) is 4.84. The third-order valence-electron chi connectivity index (χ3n) is 1.96. The van der Waals surface area contributed by atoms with Crippen molar-refractivity contribution >= 4 is 16.1 Å². The van der Waals surface area contributed by atoms with E-state index in [1.807, 2.05) is 13.0 Å². The third-order valence-corrected chi connectivity index (χ3v) is 2.49. The molecule has 6 nitrogen and oxygen atoms in total. The highest BCUT2D eigenvalue weighted by Gasteiger charge is 2.10. The van der Waals surface area contributed by atoms with E-state index in [4.69, 9.17) is 4.74 Å². The Labute approximate surface area is 100 Å². The van der Waals surface area contributed by atoms with Crippen molar-refractivity contribution in [3.8, 4) is 0 Å². The average Bonchev–Trinajstić information content (AvgIpc) is 2.17. The van der Waals surface area contributed by atoms with Gasteiger partial charge in [0.25, 0.3) is 0 Å². The fraction of sp³-hybridized carbons (Fsp3) is 0.400. The molecule has 1 amide bonds. The van der Waals surface area contributed by atoms with Crippen LogP contribution in [0.3, 0.4) is 0 Å². The molecule has 0 aliphatic rings. The summed E-state index contributed by atoms with van der Waals surface area (Å²) in [5.74, 6) is 0. The van der Waals surface area contributed by atoms with Gasteiger partial charge in [0, 0.05) is 17.5 Å². The molecule has 0 spiro atoms. The highest BCUT2D eigenvalue weighted by Crippen LogP contribution is 2.08. The van der Waals surface area contributed by atoms with Crippen LogP contribution >= 0.6 is 0 Å². The third kappa shape index (κ3) is 4.81. The quantitative estimate of drug-likeness (QED) is 0.870. The number of aryl methyl sites for hydroxylation is 2. The summed E-state index contributed by atoms with van der Waals surface area (Å²) in [7, 11) is -3.59.